The zero-order valence-corrected chi connectivity index (χ0v) is 17.4. The van der Waals surface area contributed by atoms with Crippen LogP contribution in [0.3, 0.4) is 0 Å². The molecule has 0 atom stereocenters. The highest BCUT2D eigenvalue weighted by Gasteiger charge is 2.19. The standard InChI is InChI=1S/C24H24FN5O/c1-28-11-13-29(14-12-28)16-18-15-21-22(17-7-9-19(25)10-8-17)27-30(23(21)26-24(18)31)20-5-3-2-4-6-20/h2-10,15H,11-14,16H2,1H3,(H,26,31). The van der Waals surface area contributed by atoms with Gasteiger partial charge in [-0.3, -0.25) is 9.69 Å². The Morgan fingerprint density at radius 3 is 2.42 bits per heavy atom. The van der Waals surface area contributed by atoms with Gasteiger partial charge in [-0.05, 0) is 49.5 Å². The van der Waals surface area contributed by atoms with E-state index < -0.39 is 0 Å². The molecule has 1 saturated heterocycles. The first-order chi connectivity index (χ1) is 15.1. The van der Waals surface area contributed by atoms with Gasteiger partial charge in [0, 0.05) is 49.2 Å². The molecule has 1 aliphatic heterocycles. The Kier molecular flexibility index (Phi) is 5.13. The number of H-pyrrole nitrogens is 1. The van der Waals surface area contributed by atoms with Crippen LogP contribution in [0.4, 0.5) is 4.39 Å². The summed E-state index contributed by atoms with van der Waals surface area (Å²) in [6, 6.07) is 17.9. The van der Waals surface area contributed by atoms with Gasteiger partial charge >= 0.3 is 0 Å². The minimum Gasteiger partial charge on any atom is -0.306 e. The zero-order chi connectivity index (χ0) is 21.4. The molecule has 1 fully saturated rings. The number of halogens is 1. The van der Waals surface area contributed by atoms with E-state index in [1.54, 1.807) is 16.8 Å². The fourth-order valence-electron chi connectivity index (χ4n) is 4.06. The van der Waals surface area contributed by atoms with Crippen LogP contribution in [0, 0.1) is 5.82 Å². The molecule has 2 aromatic heterocycles. The molecule has 158 valence electrons. The molecule has 1 N–H and O–H groups in total. The summed E-state index contributed by atoms with van der Waals surface area (Å²) < 4.78 is 15.3. The fraction of sp³-hybridized carbons (Fsp3) is 0.250. The summed E-state index contributed by atoms with van der Waals surface area (Å²) in [6.45, 7) is 4.45. The predicted octanol–water partition coefficient (Wildman–Crippen LogP) is 3.27. The van der Waals surface area contributed by atoms with Crippen LogP contribution in [-0.2, 0) is 6.54 Å². The van der Waals surface area contributed by atoms with E-state index in [9.17, 15) is 9.18 Å². The first-order valence-electron chi connectivity index (χ1n) is 10.5. The zero-order valence-electron chi connectivity index (χ0n) is 17.4. The molecule has 2 aromatic carbocycles. The summed E-state index contributed by atoms with van der Waals surface area (Å²) >= 11 is 0. The first kappa shape index (κ1) is 19.7. The summed E-state index contributed by atoms with van der Waals surface area (Å²) in [5.74, 6) is -0.292. The number of nitrogens with one attached hydrogen (secondary N) is 1. The molecule has 0 radical (unpaired) electrons. The third-order valence-corrected chi connectivity index (χ3v) is 5.87. The third kappa shape index (κ3) is 3.89. The maximum Gasteiger partial charge on any atom is 0.254 e. The van der Waals surface area contributed by atoms with Gasteiger partial charge in [0.1, 0.15) is 17.2 Å². The lowest BCUT2D eigenvalue weighted by Gasteiger charge is -2.32. The number of para-hydroxylation sites is 1. The molecule has 0 saturated carbocycles. The summed E-state index contributed by atoms with van der Waals surface area (Å²) in [6.07, 6.45) is 0. The van der Waals surface area contributed by atoms with Crippen LogP contribution in [0.2, 0.25) is 0 Å². The molecule has 0 spiro atoms. The van der Waals surface area contributed by atoms with Crippen molar-refractivity contribution in [1.29, 1.82) is 0 Å². The Bertz CT molecular complexity index is 1260. The lowest BCUT2D eigenvalue weighted by atomic mass is 10.1. The second-order valence-corrected chi connectivity index (χ2v) is 8.07. The Balaban J connectivity index is 1.64. The number of rotatable bonds is 4. The Hall–Kier alpha value is -3.29. The van der Waals surface area contributed by atoms with Gasteiger partial charge in [-0.1, -0.05) is 18.2 Å². The van der Waals surface area contributed by atoms with E-state index in [4.69, 9.17) is 5.10 Å². The van der Waals surface area contributed by atoms with Crippen molar-refractivity contribution in [3.05, 3.63) is 82.4 Å². The molecule has 31 heavy (non-hydrogen) atoms. The minimum atomic E-state index is -0.292. The Morgan fingerprint density at radius 1 is 1.00 bits per heavy atom. The monoisotopic (exact) mass is 417 g/mol. The molecule has 7 heteroatoms. The summed E-state index contributed by atoms with van der Waals surface area (Å²) in [7, 11) is 2.11. The summed E-state index contributed by atoms with van der Waals surface area (Å²) in [5, 5.41) is 5.65. The van der Waals surface area contributed by atoms with Crippen molar-refractivity contribution in [2.45, 2.75) is 6.54 Å². The van der Waals surface area contributed by atoms with Crippen LogP contribution in [0.1, 0.15) is 5.56 Å². The molecular formula is C24H24FN5O. The van der Waals surface area contributed by atoms with Crippen molar-refractivity contribution < 1.29 is 4.39 Å². The van der Waals surface area contributed by atoms with Crippen LogP contribution in [0.25, 0.3) is 28.0 Å². The molecule has 1 aliphatic rings. The molecule has 6 nitrogen and oxygen atoms in total. The van der Waals surface area contributed by atoms with Crippen molar-refractivity contribution >= 4 is 11.0 Å². The second kappa shape index (κ2) is 8.09. The third-order valence-electron chi connectivity index (χ3n) is 5.87. The number of likely N-dealkylation sites (N-methyl/N-ethyl adjacent to an activating group) is 1. The van der Waals surface area contributed by atoms with Crippen LogP contribution in [-0.4, -0.2) is 57.8 Å². The van der Waals surface area contributed by atoms with Crippen LogP contribution < -0.4 is 5.56 Å². The molecule has 0 aliphatic carbocycles. The van der Waals surface area contributed by atoms with Crippen molar-refractivity contribution in [2.75, 3.05) is 33.2 Å². The average Bonchev–Trinajstić information content (AvgIpc) is 3.15. The average molecular weight is 417 g/mol. The predicted molar refractivity (Wildman–Crippen MR) is 120 cm³/mol. The van der Waals surface area contributed by atoms with E-state index >= 15 is 0 Å². The van der Waals surface area contributed by atoms with Crippen molar-refractivity contribution in [3.63, 3.8) is 0 Å². The van der Waals surface area contributed by atoms with Gasteiger partial charge in [0.2, 0.25) is 0 Å². The quantitative estimate of drug-likeness (QED) is 0.554. The van der Waals surface area contributed by atoms with Crippen LogP contribution >= 0.6 is 0 Å². The van der Waals surface area contributed by atoms with E-state index in [-0.39, 0.29) is 11.4 Å². The van der Waals surface area contributed by atoms with Crippen LogP contribution in [0.5, 0.6) is 0 Å². The normalized spacial score (nSPS) is 15.5. The van der Waals surface area contributed by atoms with Crippen molar-refractivity contribution in [1.82, 2.24) is 24.6 Å². The summed E-state index contributed by atoms with van der Waals surface area (Å²) in [4.78, 5) is 20.6. The molecule has 0 bridgehead atoms. The number of hydrogen-bond donors (Lipinski definition) is 1. The van der Waals surface area contributed by atoms with Gasteiger partial charge in [-0.2, -0.15) is 5.10 Å². The SMILES string of the molecule is CN1CCN(Cc2cc3c(-c4ccc(F)cc4)nn(-c4ccccc4)c3[nH]c2=O)CC1. The molecular weight excluding hydrogens is 393 g/mol. The Labute approximate surface area is 179 Å². The maximum atomic E-state index is 13.5. The topological polar surface area (TPSA) is 57.2 Å². The van der Waals surface area contributed by atoms with E-state index in [0.717, 1.165) is 48.5 Å². The highest BCUT2D eigenvalue weighted by atomic mass is 19.1. The van der Waals surface area contributed by atoms with Gasteiger partial charge in [-0.15, -0.1) is 0 Å². The smallest absolute Gasteiger partial charge is 0.254 e. The van der Waals surface area contributed by atoms with E-state index in [1.807, 2.05) is 36.4 Å². The van der Waals surface area contributed by atoms with Crippen molar-refractivity contribution in [3.8, 4) is 16.9 Å². The number of nitrogens with zero attached hydrogens (tertiary/aromatic N) is 4. The number of pyridine rings is 1. The van der Waals surface area contributed by atoms with Gasteiger partial charge in [0.25, 0.3) is 5.56 Å². The molecule has 4 aromatic rings. The van der Waals surface area contributed by atoms with Gasteiger partial charge in [-0.25, -0.2) is 9.07 Å². The van der Waals surface area contributed by atoms with Gasteiger partial charge in [0.15, 0.2) is 0 Å². The highest BCUT2D eigenvalue weighted by molar-refractivity contribution is 5.92. The number of fused-ring (bicyclic) bond motifs is 1. The molecule has 5 rings (SSSR count). The maximum absolute atomic E-state index is 13.5. The summed E-state index contributed by atoms with van der Waals surface area (Å²) in [5.41, 5.74) is 3.62. The number of piperazine rings is 1. The van der Waals surface area contributed by atoms with Gasteiger partial charge in [0.05, 0.1) is 5.69 Å². The molecule has 0 amide bonds. The molecule has 0 unspecified atom stereocenters. The lowest BCUT2D eigenvalue weighted by Crippen LogP contribution is -2.44. The number of benzene rings is 2. The highest BCUT2D eigenvalue weighted by Crippen LogP contribution is 2.29. The minimum absolute atomic E-state index is 0.103. The van der Waals surface area contributed by atoms with E-state index in [1.165, 1.54) is 12.1 Å². The van der Waals surface area contributed by atoms with Gasteiger partial charge < -0.3 is 9.88 Å². The fourth-order valence-corrected chi connectivity index (χ4v) is 4.06. The Morgan fingerprint density at radius 2 is 1.71 bits per heavy atom. The number of aromatic amines is 1. The largest absolute Gasteiger partial charge is 0.306 e. The number of aromatic nitrogens is 3. The lowest BCUT2D eigenvalue weighted by molar-refractivity contribution is 0.148. The van der Waals surface area contributed by atoms with Crippen molar-refractivity contribution in [2.24, 2.45) is 0 Å². The van der Waals surface area contributed by atoms with E-state index in [2.05, 4.69) is 21.8 Å². The second-order valence-electron chi connectivity index (χ2n) is 8.07. The number of hydrogen-bond acceptors (Lipinski definition) is 4. The first-order valence-corrected chi connectivity index (χ1v) is 10.5. The van der Waals surface area contributed by atoms with E-state index in [0.29, 0.717) is 17.8 Å². The molecule has 3 heterocycles. The van der Waals surface area contributed by atoms with Crippen LogP contribution in [0.15, 0.2) is 65.5 Å².